The molecule has 0 bridgehead atoms. The number of benzene rings is 1. The molecule has 4 heteroatoms. The van der Waals surface area contributed by atoms with E-state index in [1.54, 1.807) is 30.4 Å². The molecule has 1 rings (SSSR count). The first kappa shape index (κ1) is 16.1. The van der Waals surface area contributed by atoms with E-state index in [2.05, 4.69) is 12.1 Å². The van der Waals surface area contributed by atoms with E-state index in [1.165, 1.54) is 12.8 Å². The number of hydrogen-bond donors (Lipinski definition) is 1. The standard InChI is InChI=1S/C15H19Cl2NO/c1-2-3-4-5-7-12(18-19)10-11-13-14(16)8-6-9-15(13)17/h6,8-11,19H,2-5,7H2,1H3/b11-10?,18-12+. The van der Waals surface area contributed by atoms with Gasteiger partial charge in [-0.05, 0) is 31.1 Å². The fourth-order valence-corrected chi connectivity index (χ4v) is 2.27. The van der Waals surface area contributed by atoms with Gasteiger partial charge in [0.25, 0.3) is 0 Å². The third-order valence-electron chi connectivity index (χ3n) is 2.86. The highest BCUT2D eigenvalue weighted by Crippen LogP contribution is 2.25. The molecule has 0 aliphatic carbocycles. The molecule has 2 nitrogen and oxygen atoms in total. The lowest BCUT2D eigenvalue weighted by Crippen LogP contribution is -1.94. The number of halogens is 2. The molecule has 0 heterocycles. The first-order valence-electron chi connectivity index (χ1n) is 6.52. The first-order valence-corrected chi connectivity index (χ1v) is 7.27. The Balaban J connectivity index is 2.63. The van der Waals surface area contributed by atoms with Gasteiger partial charge in [0.15, 0.2) is 0 Å². The molecule has 0 aromatic heterocycles. The largest absolute Gasteiger partial charge is 0.411 e. The van der Waals surface area contributed by atoms with Crippen LogP contribution in [0.3, 0.4) is 0 Å². The molecule has 0 spiro atoms. The number of nitrogens with zero attached hydrogens (tertiary/aromatic N) is 1. The van der Waals surface area contributed by atoms with Crippen molar-refractivity contribution in [3.63, 3.8) is 0 Å². The van der Waals surface area contributed by atoms with Crippen molar-refractivity contribution in [2.45, 2.75) is 39.0 Å². The van der Waals surface area contributed by atoms with Crippen molar-refractivity contribution in [1.29, 1.82) is 0 Å². The van der Waals surface area contributed by atoms with Crippen LogP contribution in [0.5, 0.6) is 0 Å². The average Bonchev–Trinajstić information content (AvgIpc) is 2.40. The molecule has 1 aromatic rings. The van der Waals surface area contributed by atoms with E-state index >= 15 is 0 Å². The third kappa shape index (κ3) is 5.66. The normalized spacial score (nSPS) is 12.3. The number of allylic oxidation sites excluding steroid dienone is 1. The molecule has 0 fully saturated rings. The summed E-state index contributed by atoms with van der Waals surface area (Å²) in [6, 6.07) is 5.36. The molecule has 0 saturated heterocycles. The molecule has 0 unspecified atom stereocenters. The van der Waals surface area contributed by atoms with Crippen LogP contribution in [0.1, 0.15) is 44.6 Å². The Morgan fingerprint density at radius 2 is 1.89 bits per heavy atom. The molecule has 1 N–H and O–H groups in total. The van der Waals surface area contributed by atoms with Crippen LogP contribution in [-0.4, -0.2) is 10.9 Å². The summed E-state index contributed by atoms with van der Waals surface area (Å²) in [4.78, 5) is 0. The summed E-state index contributed by atoms with van der Waals surface area (Å²) < 4.78 is 0. The highest BCUT2D eigenvalue weighted by atomic mass is 35.5. The van der Waals surface area contributed by atoms with Gasteiger partial charge in [0.2, 0.25) is 0 Å². The van der Waals surface area contributed by atoms with E-state index in [0.717, 1.165) is 24.8 Å². The Morgan fingerprint density at radius 3 is 2.47 bits per heavy atom. The SMILES string of the molecule is CCCCCC/C(C=Cc1c(Cl)cccc1Cl)=N\O. The van der Waals surface area contributed by atoms with E-state index < -0.39 is 0 Å². The molecule has 0 saturated carbocycles. The second-order valence-electron chi connectivity index (χ2n) is 4.37. The molecule has 0 radical (unpaired) electrons. The highest BCUT2D eigenvalue weighted by Gasteiger charge is 2.02. The fourth-order valence-electron chi connectivity index (χ4n) is 1.75. The molecule has 1 aromatic carbocycles. The molecular weight excluding hydrogens is 281 g/mol. The van der Waals surface area contributed by atoms with Gasteiger partial charge >= 0.3 is 0 Å². The molecule has 0 aliphatic heterocycles. The Kier molecular flexibility index (Phi) is 7.61. The van der Waals surface area contributed by atoms with Crippen LogP contribution >= 0.6 is 23.2 Å². The van der Waals surface area contributed by atoms with Crippen molar-refractivity contribution in [1.82, 2.24) is 0 Å². The summed E-state index contributed by atoms with van der Waals surface area (Å²) in [6.07, 6.45) is 8.88. The zero-order valence-corrected chi connectivity index (χ0v) is 12.6. The summed E-state index contributed by atoms with van der Waals surface area (Å²) in [6.45, 7) is 2.17. The monoisotopic (exact) mass is 299 g/mol. The smallest absolute Gasteiger partial charge is 0.0795 e. The topological polar surface area (TPSA) is 32.6 Å². The minimum absolute atomic E-state index is 0.590. The van der Waals surface area contributed by atoms with Crippen molar-refractivity contribution in [3.05, 3.63) is 39.9 Å². The van der Waals surface area contributed by atoms with Crippen LogP contribution < -0.4 is 0 Å². The predicted octanol–water partition coefficient (Wildman–Crippen LogP) is 5.81. The highest BCUT2D eigenvalue weighted by molar-refractivity contribution is 6.37. The predicted molar refractivity (Wildman–Crippen MR) is 83.5 cm³/mol. The number of hydrogen-bond acceptors (Lipinski definition) is 2. The van der Waals surface area contributed by atoms with Crippen molar-refractivity contribution >= 4 is 35.0 Å². The molecule has 19 heavy (non-hydrogen) atoms. The van der Waals surface area contributed by atoms with Gasteiger partial charge in [0.05, 0.1) is 5.71 Å². The molecule has 104 valence electrons. The minimum Gasteiger partial charge on any atom is -0.411 e. The van der Waals surface area contributed by atoms with Gasteiger partial charge in [-0.3, -0.25) is 0 Å². The van der Waals surface area contributed by atoms with Crippen molar-refractivity contribution in [2.24, 2.45) is 5.16 Å². The van der Waals surface area contributed by atoms with Crippen LogP contribution in [0.4, 0.5) is 0 Å². The Morgan fingerprint density at radius 1 is 1.21 bits per heavy atom. The second-order valence-corrected chi connectivity index (χ2v) is 5.19. The van der Waals surface area contributed by atoms with E-state index in [0.29, 0.717) is 15.8 Å². The van der Waals surface area contributed by atoms with Gasteiger partial charge in [-0.1, -0.05) is 66.7 Å². The van der Waals surface area contributed by atoms with Gasteiger partial charge in [0.1, 0.15) is 0 Å². The molecule has 0 atom stereocenters. The second kappa shape index (κ2) is 9.00. The lowest BCUT2D eigenvalue weighted by atomic mass is 10.1. The Bertz CT molecular complexity index is 435. The zero-order chi connectivity index (χ0) is 14.1. The van der Waals surface area contributed by atoms with Crippen LogP contribution in [0, 0.1) is 0 Å². The van der Waals surface area contributed by atoms with Crippen LogP contribution in [0.25, 0.3) is 6.08 Å². The van der Waals surface area contributed by atoms with Gasteiger partial charge in [0, 0.05) is 15.6 Å². The first-order chi connectivity index (χ1) is 9.19. The van der Waals surface area contributed by atoms with Crippen LogP contribution in [-0.2, 0) is 0 Å². The summed E-state index contributed by atoms with van der Waals surface area (Å²) in [5, 5.41) is 13.5. The molecular formula is C15H19Cl2NO. The molecule has 0 amide bonds. The third-order valence-corrected chi connectivity index (χ3v) is 3.52. The minimum atomic E-state index is 0.590. The van der Waals surface area contributed by atoms with E-state index in [-0.39, 0.29) is 0 Å². The lowest BCUT2D eigenvalue weighted by molar-refractivity contribution is 0.318. The summed E-state index contributed by atoms with van der Waals surface area (Å²) >= 11 is 12.1. The maximum absolute atomic E-state index is 8.97. The van der Waals surface area contributed by atoms with Gasteiger partial charge < -0.3 is 5.21 Å². The average molecular weight is 300 g/mol. The van der Waals surface area contributed by atoms with E-state index in [1.807, 2.05) is 0 Å². The van der Waals surface area contributed by atoms with E-state index in [9.17, 15) is 0 Å². The van der Waals surface area contributed by atoms with Crippen LogP contribution in [0.2, 0.25) is 10.0 Å². The lowest BCUT2D eigenvalue weighted by Gasteiger charge is -2.02. The Labute approximate surface area is 124 Å². The van der Waals surface area contributed by atoms with Crippen molar-refractivity contribution < 1.29 is 5.21 Å². The number of oxime groups is 1. The quantitative estimate of drug-likeness (QED) is 0.293. The summed E-state index contributed by atoms with van der Waals surface area (Å²) in [5.74, 6) is 0. The maximum Gasteiger partial charge on any atom is 0.0795 e. The summed E-state index contributed by atoms with van der Waals surface area (Å²) in [7, 11) is 0. The summed E-state index contributed by atoms with van der Waals surface area (Å²) in [5.41, 5.74) is 1.40. The number of unbranched alkanes of at least 4 members (excludes halogenated alkanes) is 3. The number of rotatable bonds is 7. The van der Waals surface area contributed by atoms with Crippen molar-refractivity contribution in [3.8, 4) is 0 Å². The van der Waals surface area contributed by atoms with Gasteiger partial charge in [-0.25, -0.2) is 0 Å². The Hall–Kier alpha value is -0.990. The van der Waals surface area contributed by atoms with E-state index in [4.69, 9.17) is 28.4 Å². The maximum atomic E-state index is 8.97. The molecule has 0 aliphatic rings. The van der Waals surface area contributed by atoms with Crippen LogP contribution in [0.15, 0.2) is 29.4 Å². The van der Waals surface area contributed by atoms with Crippen molar-refractivity contribution in [2.75, 3.05) is 0 Å². The fraction of sp³-hybridized carbons (Fsp3) is 0.400. The van der Waals surface area contributed by atoms with Gasteiger partial charge in [-0.15, -0.1) is 0 Å². The zero-order valence-electron chi connectivity index (χ0n) is 11.1. The van der Waals surface area contributed by atoms with Gasteiger partial charge in [-0.2, -0.15) is 0 Å².